The highest BCUT2D eigenvalue weighted by molar-refractivity contribution is 5.97. The largest absolute Gasteiger partial charge is 0.462 e. The lowest BCUT2D eigenvalue weighted by Gasteiger charge is -2.23. The first kappa shape index (κ1) is 12.9. The molecule has 2 bridgehead atoms. The summed E-state index contributed by atoms with van der Waals surface area (Å²) >= 11 is 0. The summed E-state index contributed by atoms with van der Waals surface area (Å²) in [6.07, 6.45) is 1.90. The van der Waals surface area contributed by atoms with Gasteiger partial charge in [0, 0.05) is 11.6 Å². The van der Waals surface area contributed by atoms with Crippen LogP contribution in [-0.2, 0) is 14.3 Å². The van der Waals surface area contributed by atoms with E-state index in [1.807, 2.05) is 26.0 Å². The van der Waals surface area contributed by atoms with Crippen LogP contribution in [-0.4, -0.2) is 18.0 Å². The fourth-order valence-electron chi connectivity index (χ4n) is 4.64. The van der Waals surface area contributed by atoms with Crippen molar-refractivity contribution in [3.05, 3.63) is 29.3 Å². The Kier molecular flexibility index (Phi) is 2.65. The number of hydrogen-bond donors (Lipinski definition) is 1. The highest BCUT2D eigenvalue weighted by Gasteiger charge is 2.63. The molecule has 1 amide bonds. The smallest absolute Gasteiger partial charge is 0.310 e. The topological polar surface area (TPSA) is 55.4 Å². The zero-order valence-electron chi connectivity index (χ0n) is 12.3. The van der Waals surface area contributed by atoms with Crippen LogP contribution in [0.3, 0.4) is 0 Å². The van der Waals surface area contributed by atoms with Gasteiger partial charge in [-0.05, 0) is 55.9 Å². The predicted octanol–water partition coefficient (Wildman–Crippen LogP) is 2.44. The minimum Gasteiger partial charge on any atom is -0.462 e. The molecule has 0 unspecified atom stereocenters. The fourth-order valence-corrected chi connectivity index (χ4v) is 4.64. The summed E-state index contributed by atoms with van der Waals surface area (Å²) in [4.78, 5) is 24.6. The second-order valence-electron chi connectivity index (χ2n) is 6.79. The van der Waals surface area contributed by atoms with Gasteiger partial charge < -0.3 is 10.1 Å². The van der Waals surface area contributed by atoms with Gasteiger partial charge in [0.15, 0.2) is 0 Å². The molecular weight excluding hydrogens is 266 g/mol. The Balaban J connectivity index is 1.57. The molecule has 1 aromatic rings. The molecule has 3 aliphatic rings. The summed E-state index contributed by atoms with van der Waals surface area (Å²) in [5.74, 6) is -0.0121. The summed E-state index contributed by atoms with van der Waals surface area (Å²) in [5.41, 5.74) is 3.07. The van der Waals surface area contributed by atoms with Gasteiger partial charge in [-0.25, -0.2) is 0 Å². The molecular formula is C17H19NO3. The second kappa shape index (κ2) is 4.33. The number of amides is 1. The van der Waals surface area contributed by atoms with Crippen molar-refractivity contribution in [2.45, 2.75) is 32.8 Å². The second-order valence-corrected chi connectivity index (χ2v) is 6.79. The minimum atomic E-state index is -0.209. The van der Waals surface area contributed by atoms with Gasteiger partial charge in [0.05, 0.1) is 11.8 Å². The van der Waals surface area contributed by atoms with Crippen molar-refractivity contribution >= 4 is 17.6 Å². The number of carbonyl (C=O) groups is 2. The zero-order chi connectivity index (χ0) is 14.7. The van der Waals surface area contributed by atoms with Gasteiger partial charge in [-0.1, -0.05) is 6.07 Å². The standard InChI is InChI=1S/C17H19NO3/c1-8-3-9(2)5-11(4-8)18-16(19)14-10-6-12-13(7-10)21-17(20)15(12)14/h3-5,10,12-15H,6-7H2,1-2H3,(H,18,19)/t10-,12-,13+,14-,15-/m0/s1. The van der Waals surface area contributed by atoms with E-state index >= 15 is 0 Å². The average Bonchev–Trinajstić information content (AvgIpc) is 2.97. The number of rotatable bonds is 2. The SMILES string of the molecule is Cc1cc(C)cc(NC(=O)[C@H]2[C@H]3C[C@@H]4[C@@H]2C(=O)O[C@@H]4C3)c1. The van der Waals surface area contributed by atoms with Crippen LogP contribution in [0.2, 0.25) is 0 Å². The monoisotopic (exact) mass is 285 g/mol. The maximum atomic E-state index is 12.6. The van der Waals surface area contributed by atoms with Gasteiger partial charge in [0.1, 0.15) is 6.10 Å². The minimum absolute atomic E-state index is 0.0187. The van der Waals surface area contributed by atoms with Crippen LogP contribution in [0.25, 0.3) is 0 Å². The van der Waals surface area contributed by atoms with Crippen LogP contribution in [0.1, 0.15) is 24.0 Å². The van der Waals surface area contributed by atoms with Gasteiger partial charge in [0.2, 0.25) is 5.91 Å². The quantitative estimate of drug-likeness (QED) is 0.849. The maximum Gasteiger partial charge on any atom is 0.310 e. The number of nitrogens with one attached hydrogen (secondary N) is 1. The van der Waals surface area contributed by atoms with Crippen molar-refractivity contribution in [1.29, 1.82) is 0 Å². The Hall–Kier alpha value is -1.84. The molecule has 1 saturated heterocycles. The molecule has 1 N–H and O–H groups in total. The van der Waals surface area contributed by atoms with Gasteiger partial charge in [-0.2, -0.15) is 0 Å². The van der Waals surface area contributed by atoms with E-state index in [1.54, 1.807) is 0 Å². The van der Waals surface area contributed by atoms with Crippen molar-refractivity contribution in [3.8, 4) is 0 Å². The predicted molar refractivity (Wildman–Crippen MR) is 77.6 cm³/mol. The van der Waals surface area contributed by atoms with E-state index in [4.69, 9.17) is 4.74 Å². The number of hydrogen-bond acceptors (Lipinski definition) is 3. The molecule has 2 aliphatic carbocycles. The van der Waals surface area contributed by atoms with Gasteiger partial charge in [-0.3, -0.25) is 9.59 Å². The number of esters is 1. The first-order valence-corrected chi connectivity index (χ1v) is 7.62. The van der Waals surface area contributed by atoms with Crippen molar-refractivity contribution in [1.82, 2.24) is 0 Å². The molecule has 0 aromatic heterocycles. The first-order valence-electron chi connectivity index (χ1n) is 7.62. The molecule has 21 heavy (non-hydrogen) atoms. The van der Waals surface area contributed by atoms with Gasteiger partial charge in [-0.15, -0.1) is 0 Å². The van der Waals surface area contributed by atoms with Crippen LogP contribution in [0, 0.1) is 37.5 Å². The molecule has 3 fully saturated rings. The molecule has 0 radical (unpaired) electrons. The number of anilines is 1. The third kappa shape index (κ3) is 1.88. The third-order valence-electron chi connectivity index (χ3n) is 5.28. The van der Waals surface area contributed by atoms with E-state index in [1.165, 1.54) is 0 Å². The molecule has 110 valence electrons. The third-order valence-corrected chi connectivity index (χ3v) is 5.28. The van der Waals surface area contributed by atoms with E-state index in [2.05, 4.69) is 11.4 Å². The molecule has 4 heteroatoms. The maximum absolute atomic E-state index is 12.6. The van der Waals surface area contributed by atoms with Crippen LogP contribution < -0.4 is 5.32 Å². The summed E-state index contributed by atoms with van der Waals surface area (Å²) in [7, 11) is 0. The van der Waals surface area contributed by atoms with Crippen molar-refractivity contribution in [2.24, 2.45) is 23.7 Å². The molecule has 0 spiro atoms. The van der Waals surface area contributed by atoms with E-state index in [9.17, 15) is 9.59 Å². The van der Waals surface area contributed by atoms with Crippen molar-refractivity contribution in [2.75, 3.05) is 5.32 Å². The number of benzene rings is 1. The van der Waals surface area contributed by atoms with Crippen LogP contribution in [0.5, 0.6) is 0 Å². The summed E-state index contributed by atoms with van der Waals surface area (Å²) < 4.78 is 5.39. The molecule has 4 rings (SSSR count). The fraction of sp³-hybridized carbons (Fsp3) is 0.529. The van der Waals surface area contributed by atoms with Gasteiger partial charge >= 0.3 is 5.97 Å². The Bertz CT molecular complexity index is 617. The average molecular weight is 285 g/mol. The number of aryl methyl sites for hydroxylation is 2. The Morgan fingerprint density at radius 1 is 1.19 bits per heavy atom. The summed E-state index contributed by atoms with van der Waals surface area (Å²) in [6.45, 7) is 4.03. The molecule has 1 aromatic carbocycles. The molecule has 5 atom stereocenters. The van der Waals surface area contributed by atoms with Crippen LogP contribution >= 0.6 is 0 Å². The molecule has 2 saturated carbocycles. The van der Waals surface area contributed by atoms with Crippen LogP contribution in [0.15, 0.2) is 18.2 Å². The van der Waals surface area contributed by atoms with Gasteiger partial charge in [0.25, 0.3) is 0 Å². The van der Waals surface area contributed by atoms with E-state index < -0.39 is 0 Å². The van der Waals surface area contributed by atoms with Crippen LogP contribution in [0.4, 0.5) is 5.69 Å². The summed E-state index contributed by atoms with van der Waals surface area (Å²) in [5, 5.41) is 3.01. The molecule has 4 nitrogen and oxygen atoms in total. The first-order chi connectivity index (χ1) is 10.0. The van der Waals surface area contributed by atoms with E-state index in [-0.39, 0.29) is 35.7 Å². The van der Waals surface area contributed by atoms with Crippen molar-refractivity contribution in [3.63, 3.8) is 0 Å². The normalized spacial score (nSPS) is 35.9. The Morgan fingerprint density at radius 3 is 2.62 bits per heavy atom. The number of ether oxygens (including phenoxy) is 1. The zero-order valence-corrected chi connectivity index (χ0v) is 12.3. The number of carbonyl (C=O) groups excluding carboxylic acids is 2. The lowest BCUT2D eigenvalue weighted by atomic mass is 9.79. The number of fused-ring (bicyclic) bond motifs is 1. The van der Waals surface area contributed by atoms with E-state index in [0.29, 0.717) is 5.92 Å². The van der Waals surface area contributed by atoms with E-state index in [0.717, 1.165) is 29.7 Å². The Morgan fingerprint density at radius 2 is 1.90 bits per heavy atom. The Labute approximate surface area is 123 Å². The summed E-state index contributed by atoms with van der Waals surface area (Å²) in [6, 6.07) is 6.01. The van der Waals surface area contributed by atoms with Crippen molar-refractivity contribution < 1.29 is 14.3 Å². The lowest BCUT2D eigenvalue weighted by Crippen LogP contribution is -2.35. The lowest BCUT2D eigenvalue weighted by molar-refractivity contribution is -0.145. The highest BCUT2D eigenvalue weighted by Crippen LogP contribution is 2.57. The molecule has 1 heterocycles. The highest BCUT2D eigenvalue weighted by atomic mass is 16.6. The molecule has 1 aliphatic heterocycles.